The second-order valence-electron chi connectivity index (χ2n) is 17.3. The maximum Gasteiger partial charge on any atom is 0.00653 e. The van der Waals surface area contributed by atoms with Gasteiger partial charge in [0.15, 0.2) is 0 Å². The molecule has 0 aromatic heterocycles. The Hall–Kier alpha value is 3.50. The van der Waals surface area contributed by atoms with Crippen molar-refractivity contribution in [3.8, 4) is 0 Å². The molecule has 6 heterocycles. The third-order valence-electron chi connectivity index (χ3n) is 13.3. The Kier molecular flexibility index (Phi) is 22.2. The predicted molar refractivity (Wildman–Crippen MR) is 252 cm³/mol. The molecule has 0 amide bonds. The molecule has 0 aromatic carbocycles. The van der Waals surface area contributed by atoms with E-state index in [1.807, 2.05) is 0 Å². The highest BCUT2D eigenvalue weighted by Gasteiger charge is 2.27. The maximum absolute atomic E-state index is 2.24. The van der Waals surface area contributed by atoms with Gasteiger partial charge < -0.3 is 0 Å². The third kappa shape index (κ3) is 16.8. The van der Waals surface area contributed by atoms with Crippen LogP contribution in [0, 0.1) is 59.2 Å². The largest absolute Gasteiger partial charge is 0.0939 e. The predicted octanol–water partition coefficient (Wildman–Crippen LogP) is 15.9. The van der Waals surface area contributed by atoms with Crippen LogP contribution in [0.15, 0.2) is 0 Å². The SMILES string of the molecule is C1C[C@H]2CC[C@@H]1CSSC[C@@H]1CC[C@@H](CC1)CSSC[C@@H]1CC[C@@H](CC1)CSSC[C@@H]1CC[C@@H](CC1)CSSC[C@@H]1CC[C@@H](CC1)CSSC2. The average molecular weight is 872 g/mol. The van der Waals surface area contributed by atoms with Crippen molar-refractivity contribution >= 4 is 108 Å². The summed E-state index contributed by atoms with van der Waals surface area (Å²) in [7, 11) is 22.4. The van der Waals surface area contributed by atoms with Gasteiger partial charge in [-0.25, -0.2) is 0 Å². The lowest BCUT2D eigenvalue weighted by atomic mass is 9.84. The molecule has 5 aliphatic carbocycles. The molecular weight excluding hydrogens is 801 g/mol. The molecule has 5 saturated carbocycles. The number of hydrogen-bond acceptors (Lipinski definition) is 10. The Morgan fingerprint density at radius 3 is 0.300 bits per heavy atom. The minimum atomic E-state index is 1.00. The first kappa shape index (κ1) is 43.1. The summed E-state index contributed by atoms with van der Waals surface area (Å²) in [5.74, 6) is 24.2. The topological polar surface area (TPSA) is 0 Å². The summed E-state index contributed by atoms with van der Waals surface area (Å²) in [5.41, 5.74) is 0. The summed E-state index contributed by atoms with van der Waals surface area (Å²) in [5, 5.41) is 0. The molecule has 0 unspecified atom stereocenters. The summed E-state index contributed by atoms with van der Waals surface area (Å²) in [6.45, 7) is 0. The van der Waals surface area contributed by atoms with Gasteiger partial charge in [-0.1, -0.05) is 108 Å². The van der Waals surface area contributed by atoms with E-state index in [1.54, 1.807) is 0 Å². The van der Waals surface area contributed by atoms with Crippen molar-refractivity contribution in [2.24, 2.45) is 59.2 Å². The fourth-order valence-electron chi connectivity index (χ4n) is 9.27. The first-order chi connectivity index (χ1) is 24.7. The van der Waals surface area contributed by atoms with Gasteiger partial charge in [-0.3, -0.25) is 0 Å². The molecule has 11 rings (SSSR count). The van der Waals surface area contributed by atoms with Gasteiger partial charge in [-0.15, -0.1) is 0 Å². The van der Waals surface area contributed by atoms with Crippen LogP contribution in [0.3, 0.4) is 0 Å². The van der Waals surface area contributed by atoms with Crippen LogP contribution in [-0.4, -0.2) is 57.5 Å². The average Bonchev–Trinajstić information content (AvgIpc) is 3.16. The molecule has 11 fully saturated rings. The zero-order valence-corrected chi connectivity index (χ0v) is 39.2. The van der Waals surface area contributed by atoms with Crippen molar-refractivity contribution in [1.29, 1.82) is 0 Å². The van der Waals surface area contributed by atoms with E-state index in [4.69, 9.17) is 0 Å². The lowest BCUT2D eigenvalue weighted by Crippen LogP contribution is -2.19. The molecule has 0 N–H and O–H groups in total. The van der Waals surface area contributed by atoms with Crippen molar-refractivity contribution in [1.82, 2.24) is 0 Å². The van der Waals surface area contributed by atoms with Gasteiger partial charge in [0.25, 0.3) is 0 Å². The highest BCUT2D eigenvalue weighted by Crippen LogP contribution is 2.44. The minimum absolute atomic E-state index is 1.00. The van der Waals surface area contributed by atoms with Crippen molar-refractivity contribution in [2.75, 3.05) is 57.5 Å². The summed E-state index contributed by atoms with van der Waals surface area (Å²) < 4.78 is 0. The standard InChI is InChI=1S/C40H70S10/c1-2-32-4-3-31(1)21-41-43-23-33-5-7-35(8-6-33)25-45-47-27-37-13-15-39(16-14-37)29-49-50-30-40-19-17-38(18-20-40)28-48-46-26-36-11-9-34(10-12-36)24-44-42-22-32/h31-40H,1-30H2/t31-,32+,33-,34-,35+,36+,37-,38-,39+,40+. The third-order valence-corrected chi connectivity index (χ3v) is 26.8. The molecule has 10 bridgehead atoms. The van der Waals surface area contributed by atoms with Gasteiger partial charge in [0.1, 0.15) is 0 Å². The molecule has 0 nitrogen and oxygen atoms in total. The summed E-state index contributed by atoms with van der Waals surface area (Å²) in [6.07, 6.45) is 30.1. The summed E-state index contributed by atoms with van der Waals surface area (Å²) in [4.78, 5) is 0. The van der Waals surface area contributed by atoms with Gasteiger partial charge in [0.2, 0.25) is 0 Å². The van der Waals surface area contributed by atoms with E-state index in [9.17, 15) is 0 Å². The van der Waals surface area contributed by atoms with E-state index in [-0.39, 0.29) is 0 Å². The van der Waals surface area contributed by atoms with Crippen molar-refractivity contribution < 1.29 is 0 Å². The van der Waals surface area contributed by atoms with Crippen LogP contribution in [0.1, 0.15) is 128 Å². The monoisotopic (exact) mass is 870 g/mol. The molecule has 10 heteroatoms. The van der Waals surface area contributed by atoms with Crippen LogP contribution in [0.2, 0.25) is 0 Å². The van der Waals surface area contributed by atoms with E-state index < -0.39 is 0 Å². The van der Waals surface area contributed by atoms with Gasteiger partial charge in [0, 0.05) is 57.5 Å². The van der Waals surface area contributed by atoms with Crippen LogP contribution in [-0.2, 0) is 0 Å². The van der Waals surface area contributed by atoms with Crippen molar-refractivity contribution in [3.05, 3.63) is 0 Å². The van der Waals surface area contributed by atoms with E-state index in [0.29, 0.717) is 0 Å². The van der Waals surface area contributed by atoms with Gasteiger partial charge in [-0.2, -0.15) is 0 Å². The molecule has 6 saturated heterocycles. The molecular formula is C40H70S10. The van der Waals surface area contributed by atoms with E-state index >= 15 is 0 Å². The molecule has 0 spiro atoms. The van der Waals surface area contributed by atoms with Crippen LogP contribution in [0.25, 0.3) is 0 Å². The normalized spacial score (nSPS) is 40.8. The lowest BCUT2D eigenvalue weighted by molar-refractivity contribution is 0.315. The maximum atomic E-state index is 2.24. The minimum Gasteiger partial charge on any atom is -0.0939 e. The first-order valence-electron chi connectivity index (χ1n) is 21.0. The number of fused-ring (bicyclic) bond motifs is 4. The Labute approximate surface area is 349 Å². The zero-order chi connectivity index (χ0) is 34.1. The quantitative estimate of drug-likeness (QED) is 0.215. The van der Waals surface area contributed by atoms with Gasteiger partial charge in [0.05, 0.1) is 0 Å². The van der Waals surface area contributed by atoms with E-state index in [0.717, 1.165) is 59.2 Å². The van der Waals surface area contributed by atoms with Crippen LogP contribution >= 0.6 is 108 Å². The molecule has 6 aliphatic heterocycles. The Morgan fingerprint density at radius 1 is 0.140 bits per heavy atom. The fraction of sp³-hybridized carbons (Fsp3) is 1.00. The van der Waals surface area contributed by atoms with Gasteiger partial charge >= 0.3 is 0 Å². The number of rotatable bonds is 0. The Morgan fingerprint density at radius 2 is 0.220 bits per heavy atom. The van der Waals surface area contributed by atoms with Crippen LogP contribution < -0.4 is 0 Å². The molecule has 0 atom stereocenters. The highest BCUT2D eigenvalue weighted by atomic mass is 33.1. The molecule has 11 aliphatic rings. The summed E-state index contributed by atoms with van der Waals surface area (Å²) in [6, 6.07) is 0. The van der Waals surface area contributed by atoms with E-state index in [2.05, 4.69) is 108 Å². The summed E-state index contributed by atoms with van der Waals surface area (Å²) >= 11 is 0. The number of hydrogen-bond donors (Lipinski definition) is 0. The second-order valence-corrected chi connectivity index (χ2v) is 30.0. The molecule has 0 aromatic rings. The smallest absolute Gasteiger partial charge is 0.00653 e. The Bertz CT molecular complexity index is 622. The second kappa shape index (κ2) is 25.8. The van der Waals surface area contributed by atoms with E-state index in [1.165, 1.54) is 186 Å². The van der Waals surface area contributed by atoms with Crippen LogP contribution in [0.5, 0.6) is 0 Å². The first-order valence-corrected chi connectivity index (χ1v) is 33.4. The van der Waals surface area contributed by atoms with Crippen molar-refractivity contribution in [2.45, 2.75) is 128 Å². The van der Waals surface area contributed by atoms with Gasteiger partial charge in [-0.05, 0) is 188 Å². The van der Waals surface area contributed by atoms with Crippen LogP contribution in [0.4, 0.5) is 0 Å². The molecule has 0 radical (unpaired) electrons. The highest BCUT2D eigenvalue weighted by molar-refractivity contribution is 8.77. The Balaban J connectivity index is 0.863. The van der Waals surface area contributed by atoms with Crippen molar-refractivity contribution in [3.63, 3.8) is 0 Å². The lowest BCUT2D eigenvalue weighted by Gasteiger charge is -2.30. The molecule has 290 valence electrons. The fourth-order valence-corrected chi connectivity index (χ4v) is 24.1. The zero-order valence-electron chi connectivity index (χ0n) is 31.1. The molecule has 50 heavy (non-hydrogen) atoms.